The Morgan fingerprint density at radius 1 is 0.943 bits per heavy atom. The largest absolute Gasteiger partial charge is 0.507 e. The van der Waals surface area contributed by atoms with E-state index in [2.05, 4.69) is 4.90 Å². The number of aliphatic hydroxyl groups excluding tert-OH is 1. The predicted octanol–water partition coefficient (Wildman–Crippen LogP) is 2.47. The second-order valence-electron chi connectivity index (χ2n) is 8.28. The first-order valence-corrected chi connectivity index (χ1v) is 11.4. The number of hydrogen-bond donors (Lipinski definition) is 1. The SMILES string of the molecule is COc1ccc(C(O)=C2C(=O)C(=O)N(CCN3CCOCC3)[C@@H]2c2ccc(OC)cc2OC)cc1. The number of ether oxygens (including phenoxy) is 4. The van der Waals surface area contributed by atoms with E-state index in [0.717, 1.165) is 13.1 Å². The van der Waals surface area contributed by atoms with Crippen LogP contribution >= 0.6 is 0 Å². The maximum Gasteiger partial charge on any atom is 0.295 e. The van der Waals surface area contributed by atoms with Gasteiger partial charge in [0, 0.05) is 43.4 Å². The van der Waals surface area contributed by atoms with Crippen molar-refractivity contribution >= 4 is 17.4 Å². The van der Waals surface area contributed by atoms with Crippen LogP contribution < -0.4 is 14.2 Å². The lowest BCUT2D eigenvalue weighted by atomic mass is 9.94. The van der Waals surface area contributed by atoms with Gasteiger partial charge in [0.2, 0.25) is 0 Å². The summed E-state index contributed by atoms with van der Waals surface area (Å²) in [6, 6.07) is 11.1. The molecular formula is C26H30N2O7. The molecule has 2 aromatic carbocycles. The van der Waals surface area contributed by atoms with Crippen molar-refractivity contribution in [3.05, 3.63) is 59.2 Å². The molecule has 9 nitrogen and oxygen atoms in total. The van der Waals surface area contributed by atoms with Gasteiger partial charge in [0.1, 0.15) is 23.0 Å². The summed E-state index contributed by atoms with van der Waals surface area (Å²) in [5, 5.41) is 11.2. The smallest absolute Gasteiger partial charge is 0.295 e. The predicted molar refractivity (Wildman–Crippen MR) is 129 cm³/mol. The van der Waals surface area contributed by atoms with E-state index in [0.29, 0.717) is 54.7 Å². The Hall–Kier alpha value is -3.56. The van der Waals surface area contributed by atoms with Crippen molar-refractivity contribution in [2.75, 3.05) is 60.7 Å². The maximum atomic E-state index is 13.3. The Morgan fingerprint density at radius 2 is 1.60 bits per heavy atom. The summed E-state index contributed by atoms with van der Waals surface area (Å²) < 4.78 is 21.5. The quantitative estimate of drug-likeness (QED) is 0.348. The van der Waals surface area contributed by atoms with Gasteiger partial charge in [0.05, 0.1) is 46.2 Å². The summed E-state index contributed by atoms with van der Waals surface area (Å²) in [5.74, 6) is 0.00210. The van der Waals surface area contributed by atoms with Crippen molar-refractivity contribution in [1.82, 2.24) is 9.80 Å². The number of aliphatic hydroxyl groups is 1. The summed E-state index contributed by atoms with van der Waals surface area (Å²) in [6.07, 6.45) is 0. The molecule has 0 aromatic heterocycles. The van der Waals surface area contributed by atoms with Crippen LogP contribution in [0.4, 0.5) is 0 Å². The first-order valence-electron chi connectivity index (χ1n) is 11.4. The normalized spacial score (nSPS) is 20.2. The van der Waals surface area contributed by atoms with Crippen LogP contribution in [0.1, 0.15) is 17.2 Å². The number of likely N-dealkylation sites (tertiary alicyclic amines) is 1. The molecule has 1 atom stereocenters. The average Bonchev–Trinajstić information content (AvgIpc) is 3.16. The lowest BCUT2D eigenvalue weighted by Gasteiger charge is -2.31. The topological polar surface area (TPSA) is 97.8 Å². The molecule has 2 heterocycles. The van der Waals surface area contributed by atoms with Gasteiger partial charge >= 0.3 is 0 Å². The molecule has 1 amide bonds. The standard InChI is InChI=1S/C26H30N2O7/c1-32-18-6-4-17(5-7-18)24(29)22-23(20-9-8-19(33-2)16-21(20)34-3)28(26(31)25(22)30)11-10-27-12-14-35-15-13-27/h4-9,16,23,29H,10-15H2,1-3H3/t23-/m1/s1. The second kappa shape index (κ2) is 10.8. The van der Waals surface area contributed by atoms with Crippen LogP contribution in [0, 0.1) is 0 Å². The average molecular weight is 483 g/mol. The maximum absolute atomic E-state index is 13.3. The van der Waals surface area contributed by atoms with Gasteiger partial charge < -0.3 is 29.0 Å². The van der Waals surface area contributed by atoms with E-state index in [1.807, 2.05) is 0 Å². The van der Waals surface area contributed by atoms with E-state index in [-0.39, 0.29) is 11.3 Å². The zero-order valence-electron chi connectivity index (χ0n) is 20.2. The number of methoxy groups -OCH3 is 3. The molecule has 2 aromatic rings. The van der Waals surface area contributed by atoms with E-state index < -0.39 is 17.7 Å². The van der Waals surface area contributed by atoms with Gasteiger partial charge in [-0.05, 0) is 36.4 Å². The van der Waals surface area contributed by atoms with Gasteiger partial charge in [-0.25, -0.2) is 0 Å². The third kappa shape index (κ3) is 4.96. The number of benzene rings is 2. The summed E-state index contributed by atoms with van der Waals surface area (Å²) in [4.78, 5) is 30.2. The van der Waals surface area contributed by atoms with E-state index in [1.54, 1.807) is 56.7 Å². The summed E-state index contributed by atoms with van der Waals surface area (Å²) >= 11 is 0. The van der Waals surface area contributed by atoms with Crippen molar-refractivity contribution in [3.8, 4) is 17.2 Å². The fraction of sp³-hybridized carbons (Fsp3) is 0.385. The van der Waals surface area contributed by atoms with E-state index >= 15 is 0 Å². The van der Waals surface area contributed by atoms with Crippen LogP contribution in [0.3, 0.4) is 0 Å². The fourth-order valence-electron chi connectivity index (χ4n) is 4.46. The molecule has 1 N–H and O–H groups in total. The van der Waals surface area contributed by atoms with E-state index in [4.69, 9.17) is 18.9 Å². The Kier molecular flexibility index (Phi) is 7.57. The highest BCUT2D eigenvalue weighted by molar-refractivity contribution is 6.46. The minimum Gasteiger partial charge on any atom is -0.507 e. The fourth-order valence-corrected chi connectivity index (χ4v) is 4.46. The lowest BCUT2D eigenvalue weighted by Crippen LogP contribution is -2.42. The summed E-state index contributed by atoms with van der Waals surface area (Å²) in [5.41, 5.74) is 1.02. The number of amides is 1. The van der Waals surface area contributed by atoms with E-state index in [9.17, 15) is 14.7 Å². The van der Waals surface area contributed by atoms with Gasteiger partial charge in [-0.3, -0.25) is 14.5 Å². The number of hydrogen-bond acceptors (Lipinski definition) is 8. The number of carbonyl (C=O) groups is 2. The minimum atomic E-state index is -0.820. The number of nitrogens with zero attached hydrogens (tertiary/aromatic N) is 2. The van der Waals surface area contributed by atoms with Gasteiger partial charge in [0.25, 0.3) is 11.7 Å². The molecule has 0 aliphatic carbocycles. The molecule has 9 heteroatoms. The molecule has 2 aliphatic rings. The van der Waals surface area contributed by atoms with Crippen LogP contribution in [0.5, 0.6) is 17.2 Å². The molecule has 2 saturated heterocycles. The Balaban J connectivity index is 1.79. The summed E-state index contributed by atoms with van der Waals surface area (Å²) in [7, 11) is 4.61. The molecular weight excluding hydrogens is 452 g/mol. The number of rotatable bonds is 8. The van der Waals surface area contributed by atoms with Gasteiger partial charge in [-0.15, -0.1) is 0 Å². The molecule has 186 valence electrons. The first-order chi connectivity index (χ1) is 17.0. The molecule has 0 unspecified atom stereocenters. The zero-order chi connectivity index (χ0) is 24.9. The molecule has 0 bridgehead atoms. The van der Waals surface area contributed by atoms with Crippen LogP contribution in [-0.2, 0) is 14.3 Å². The Morgan fingerprint density at radius 3 is 2.23 bits per heavy atom. The molecule has 4 rings (SSSR count). The van der Waals surface area contributed by atoms with Crippen LogP contribution in [-0.4, -0.2) is 87.3 Å². The number of Topliss-reactive ketones (excluding diaryl/α,β-unsaturated/α-hetero) is 1. The molecule has 0 radical (unpaired) electrons. The highest BCUT2D eigenvalue weighted by Gasteiger charge is 2.47. The van der Waals surface area contributed by atoms with Crippen LogP contribution in [0.2, 0.25) is 0 Å². The highest BCUT2D eigenvalue weighted by atomic mass is 16.5. The van der Waals surface area contributed by atoms with Crippen LogP contribution in [0.25, 0.3) is 5.76 Å². The number of morpholine rings is 1. The van der Waals surface area contributed by atoms with Crippen molar-refractivity contribution in [2.45, 2.75) is 6.04 Å². The molecule has 0 spiro atoms. The molecule has 2 aliphatic heterocycles. The third-order valence-corrected chi connectivity index (χ3v) is 6.40. The van der Waals surface area contributed by atoms with Gasteiger partial charge in [-0.1, -0.05) is 0 Å². The first kappa shape index (κ1) is 24.6. The highest BCUT2D eigenvalue weighted by Crippen LogP contribution is 2.43. The number of carbonyl (C=O) groups excluding carboxylic acids is 2. The van der Waals surface area contributed by atoms with E-state index in [1.165, 1.54) is 12.0 Å². The Bertz CT molecular complexity index is 1110. The molecule has 2 fully saturated rings. The molecule has 35 heavy (non-hydrogen) atoms. The zero-order valence-corrected chi connectivity index (χ0v) is 20.2. The third-order valence-electron chi connectivity index (χ3n) is 6.40. The Labute approximate surface area is 204 Å². The van der Waals surface area contributed by atoms with Crippen molar-refractivity contribution < 1.29 is 33.6 Å². The van der Waals surface area contributed by atoms with Crippen molar-refractivity contribution in [2.24, 2.45) is 0 Å². The van der Waals surface area contributed by atoms with Crippen LogP contribution in [0.15, 0.2) is 48.0 Å². The molecule has 0 saturated carbocycles. The second-order valence-corrected chi connectivity index (χ2v) is 8.28. The summed E-state index contributed by atoms with van der Waals surface area (Å²) in [6.45, 7) is 3.66. The minimum absolute atomic E-state index is 0.0191. The lowest BCUT2D eigenvalue weighted by molar-refractivity contribution is -0.140. The van der Waals surface area contributed by atoms with Gasteiger partial charge in [0.15, 0.2) is 0 Å². The van der Waals surface area contributed by atoms with Crippen molar-refractivity contribution in [1.29, 1.82) is 0 Å². The van der Waals surface area contributed by atoms with Gasteiger partial charge in [-0.2, -0.15) is 0 Å². The monoisotopic (exact) mass is 482 g/mol. The van der Waals surface area contributed by atoms with Crippen molar-refractivity contribution in [3.63, 3.8) is 0 Å². The number of ketones is 1.